The maximum absolute atomic E-state index is 13.0. The molecule has 0 amide bonds. The fourth-order valence-corrected chi connectivity index (χ4v) is 2.61. The molecule has 1 saturated carbocycles. The fraction of sp³-hybridized carbons (Fsp3) is 0.500. The Morgan fingerprint density at radius 3 is 2.89 bits per heavy atom. The summed E-state index contributed by atoms with van der Waals surface area (Å²) in [6.45, 7) is 3.00. The highest BCUT2D eigenvalue weighted by atomic mass is 19.1. The van der Waals surface area contributed by atoms with Gasteiger partial charge in [0.1, 0.15) is 5.82 Å². The minimum atomic E-state index is -1.10. The molecule has 3 nitrogen and oxygen atoms in total. The molecule has 0 aliphatic heterocycles. The van der Waals surface area contributed by atoms with Crippen molar-refractivity contribution in [3.05, 3.63) is 29.6 Å². The third-order valence-electron chi connectivity index (χ3n) is 3.60. The van der Waals surface area contributed by atoms with Gasteiger partial charge in [-0.25, -0.2) is 9.18 Å². The van der Waals surface area contributed by atoms with Gasteiger partial charge in [0.05, 0.1) is 5.56 Å². The van der Waals surface area contributed by atoms with Crippen LogP contribution < -0.4 is 5.32 Å². The SMILES string of the molecule is CC1CCC(CNc2ccc(F)cc2C(=O)O)C1. The van der Waals surface area contributed by atoms with Crippen LogP contribution in [0.5, 0.6) is 0 Å². The largest absolute Gasteiger partial charge is 0.478 e. The maximum atomic E-state index is 13.0. The van der Waals surface area contributed by atoms with Gasteiger partial charge >= 0.3 is 5.97 Å². The number of carboxylic acids is 1. The molecule has 1 aliphatic rings. The van der Waals surface area contributed by atoms with Crippen molar-refractivity contribution in [2.24, 2.45) is 11.8 Å². The highest BCUT2D eigenvalue weighted by molar-refractivity contribution is 5.94. The van der Waals surface area contributed by atoms with Crippen molar-refractivity contribution in [3.63, 3.8) is 0 Å². The van der Waals surface area contributed by atoms with E-state index in [1.54, 1.807) is 0 Å². The molecule has 0 heterocycles. The summed E-state index contributed by atoms with van der Waals surface area (Å²) in [6.07, 6.45) is 3.59. The molecule has 0 bridgehead atoms. The van der Waals surface area contributed by atoms with Crippen LogP contribution in [0.2, 0.25) is 0 Å². The van der Waals surface area contributed by atoms with E-state index < -0.39 is 11.8 Å². The standard InChI is InChI=1S/C14H18FNO2/c1-9-2-3-10(6-9)8-16-13-5-4-11(15)7-12(13)14(17)18/h4-5,7,9-10,16H,2-3,6,8H2,1H3,(H,17,18). The summed E-state index contributed by atoms with van der Waals surface area (Å²) >= 11 is 0. The smallest absolute Gasteiger partial charge is 0.337 e. The van der Waals surface area contributed by atoms with Crippen LogP contribution in [0, 0.1) is 17.7 Å². The second-order valence-electron chi connectivity index (χ2n) is 5.16. The predicted octanol–water partition coefficient (Wildman–Crippen LogP) is 3.37. The number of halogens is 1. The highest BCUT2D eigenvalue weighted by Crippen LogP contribution is 2.30. The van der Waals surface area contributed by atoms with E-state index in [0.29, 0.717) is 11.6 Å². The Morgan fingerprint density at radius 1 is 1.50 bits per heavy atom. The highest BCUT2D eigenvalue weighted by Gasteiger charge is 2.21. The van der Waals surface area contributed by atoms with Crippen molar-refractivity contribution in [2.45, 2.75) is 26.2 Å². The van der Waals surface area contributed by atoms with E-state index in [1.807, 2.05) is 0 Å². The zero-order valence-corrected chi connectivity index (χ0v) is 10.4. The number of rotatable bonds is 4. The van der Waals surface area contributed by atoms with E-state index in [-0.39, 0.29) is 5.56 Å². The molecule has 98 valence electrons. The van der Waals surface area contributed by atoms with Gasteiger partial charge in [0.2, 0.25) is 0 Å². The van der Waals surface area contributed by atoms with E-state index in [2.05, 4.69) is 12.2 Å². The number of anilines is 1. The number of carboxylic acid groups (broad SMARTS) is 1. The third-order valence-corrected chi connectivity index (χ3v) is 3.60. The van der Waals surface area contributed by atoms with Crippen LogP contribution in [0.15, 0.2) is 18.2 Å². The predicted molar refractivity (Wildman–Crippen MR) is 68.4 cm³/mol. The molecule has 1 aromatic carbocycles. The third kappa shape index (κ3) is 3.00. The number of hydrogen-bond donors (Lipinski definition) is 2. The quantitative estimate of drug-likeness (QED) is 0.862. The monoisotopic (exact) mass is 251 g/mol. The summed E-state index contributed by atoms with van der Waals surface area (Å²) in [5.41, 5.74) is 0.504. The number of nitrogens with one attached hydrogen (secondary N) is 1. The van der Waals surface area contributed by atoms with Crippen LogP contribution in [-0.2, 0) is 0 Å². The first-order chi connectivity index (χ1) is 8.56. The Labute approximate surface area is 106 Å². The molecule has 2 rings (SSSR count). The molecule has 18 heavy (non-hydrogen) atoms. The first-order valence-corrected chi connectivity index (χ1v) is 6.33. The number of aromatic carboxylic acids is 1. The molecule has 1 aliphatic carbocycles. The van der Waals surface area contributed by atoms with Gasteiger partial charge in [0.15, 0.2) is 0 Å². The molecule has 2 N–H and O–H groups in total. The van der Waals surface area contributed by atoms with Gasteiger partial charge in [-0.2, -0.15) is 0 Å². The number of benzene rings is 1. The second kappa shape index (κ2) is 5.38. The zero-order valence-electron chi connectivity index (χ0n) is 10.4. The van der Waals surface area contributed by atoms with Gasteiger partial charge in [0, 0.05) is 12.2 Å². The second-order valence-corrected chi connectivity index (χ2v) is 5.16. The fourth-order valence-electron chi connectivity index (χ4n) is 2.61. The normalized spacial score (nSPS) is 23.0. The molecule has 2 unspecified atom stereocenters. The topological polar surface area (TPSA) is 49.3 Å². The average molecular weight is 251 g/mol. The summed E-state index contributed by atoms with van der Waals surface area (Å²) in [5, 5.41) is 12.2. The van der Waals surface area contributed by atoms with E-state index in [9.17, 15) is 9.18 Å². The first-order valence-electron chi connectivity index (χ1n) is 6.33. The zero-order chi connectivity index (χ0) is 13.1. The molecule has 0 radical (unpaired) electrons. The van der Waals surface area contributed by atoms with Crippen molar-refractivity contribution < 1.29 is 14.3 Å². The van der Waals surface area contributed by atoms with Crippen molar-refractivity contribution in [1.29, 1.82) is 0 Å². The molecule has 0 saturated heterocycles. The van der Waals surface area contributed by atoms with Crippen molar-refractivity contribution in [3.8, 4) is 0 Å². The molecular formula is C14H18FNO2. The van der Waals surface area contributed by atoms with Crippen molar-refractivity contribution >= 4 is 11.7 Å². The summed E-state index contributed by atoms with van der Waals surface area (Å²) in [5.74, 6) is -0.278. The molecule has 2 atom stereocenters. The van der Waals surface area contributed by atoms with E-state index in [0.717, 1.165) is 18.5 Å². The molecule has 1 aromatic rings. The maximum Gasteiger partial charge on any atom is 0.337 e. The van der Waals surface area contributed by atoms with E-state index in [4.69, 9.17) is 5.11 Å². The number of carbonyl (C=O) groups is 1. The van der Waals surface area contributed by atoms with Gasteiger partial charge in [-0.1, -0.05) is 13.3 Å². The van der Waals surface area contributed by atoms with Crippen LogP contribution >= 0.6 is 0 Å². The summed E-state index contributed by atoms with van der Waals surface area (Å²) in [6, 6.07) is 3.84. The van der Waals surface area contributed by atoms with Crippen molar-refractivity contribution in [1.82, 2.24) is 0 Å². The van der Waals surface area contributed by atoms with Crippen LogP contribution in [0.3, 0.4) is 0 Å². The summed E-state index contributed by atoms with van der Waals surface area (Å²) in [4.78, 5) is 11.0. The first kappa shape index (κ1) is 12.9. The van der Waals surface area contributed by atoms with Crippen LogP contribution in [-0.4, -0.2) is 17.6 Å². The van der Waals surface area contributed by atoms with Crippen LogP contribution in [0.1, 0.15) is 36.5 Å². The molecule has 4 heteroatoms. The lowest BCUT2D eigenvalue weighted by molar-refractivity contribution is 0.0697. The molecule has 0 spiro atoms. The van der Waals surface area contributed by atoms with Gasteiger partial charge in [-0.15, -0.1) is 0 Å². The Morgan fingerprint density at radius 2 is 2.28 bits per heavy atom. The Balaban J connectivity index is 2.02. The minimum absolute atomic E-state index is 0.000968. The molecule has 0 aromatic heterocycles. The van der Waals surface area contributed by atoms with Gasteiger partial charge in [0.25, 0.3) is 0 Å². The lowest BCUT2D eigenvalue weighted by Gasteiger charge is -2.14. The number of hydrogen-bond acceptors (Lipinski definition) is 2. The van der Waals surface area contributed by atoms with Gasteiger partial charge in [-0.3, -0.25) is 0 Å². The lowest BCUT2D eigenvalue weighted by Crippen LogP contribution is -2.14. The average Bonchev–Trinajstić information content (AvgIpc) is 2.73. The van der Waals surface area contributed by atoms with E-state index >= 15 is 0 Å². The van der Waals surface area contributed by atoms with Crippen LogP contribution in [0.25, 0.3) is 0 Å². The summed E-state index contributed by atoms with van der Waals surface area (Å²) in [7, 11) is 0. The van der Waals surface area contributed by atoms with Crippen molar-refractivity contribution in [2.75, 3.05) is 11.9 Å². The Hall–Kier alpha value is -1.58. The molecular weight excluding hydrogens is 233 g/mol. The minimum Gasteiger partial charge on any atom is -0.478 e. The van der Waals surface area contributed by atoms with Gasteiger partial charge in [-0.05, 0) is 42.9 Å². The lowest BCUT2D eigenvalue weighted by atomic mass is 10.1. The van der Waals surface area contributed by atoms with E-state index in [1.165, 1.54) is 31.4 Å². The van der Waals surface area contributed by atoms with Gasteiger partial charge < -0.3 is 10.4 Å². The Kier molecular flexibility index (Phi) is 3.84. The molecule has 1 fully saturated rings. The Bertz CT molecular complexity index is 447. The van der Waals surface area contributed by atoms with Crippen LogP contribution in [0.4, 0.5) is 10.1 Å². The summed E-state index contributed by atoms with van der Waals surface area (Å²) < 4.78 is 13.0.